The molecule has 0 bridgehead atoms. The second-order valence-electron chi connectivity index (χ2n) is 2.35. The number of aryl methyl sites for hydroxylation is 1. The second-order valence-corrected chi connectivity index (χ2v) is 2.35. The first-order valence-electron chi connectivity index (χ1n) is 3.24. The maximum Gasteiger partial charge on any atom is 0.216 e. The highest BCUT2D eigenvalue weighted by Gasteiger charge is 2.00. The fourth-order valence-corrected chi connectivity index (χ4v) is 0.961. The van der Waals surface area contributed by atoms with Crippen molar-refractivity contribution in [2.24, 2.45) is 0 Å². The van der Waals surface area contributed by atoms with Crippen molar-refractivity contribution in [3.05, 3.63) is 30.0 Å². The maximum absolute atomic E-state index is 12.5. The van der Waals surface area contributed by atoms with Crippen molar-refractivity contribution in [3.63, 3.8) is 0 Å². The predicted octanol–water partition coefficient (Wildman–Crippen LogP) is 1.18. The lowest BCUT2D eigenvalue weighted by molar-refractivity contribution is 0.582. The molecule has 0 saturated carbocycles. The zero-order chi connectivity index (χ0) is 7.84. The minimum absolute atomic E-state index is 0.471. The lowest BCUT2D eigenvalue weighted by Crippen LogP contribution is -1.91. The summed E-state index contributed by atoms with van der Waals surface area (Å²) >= 11 is 0. The Labute approximate surface area is 62.5 Å². The number of hydrogen-bond acceptors (Lipinski definition) is 2. The Bertz CT molecular complexity index is 393. The van der Waals surface area contributed by atoms with Gasteiger partial charge in [-0.15, -0.1) is 0 Å². The third-order valence-electron chi connectivity index (χ3n) is 1.51. The van der Waals surface area contributed by atoms with Gasteiger partial charge < -0.3 is 0 Å². The number of fused-ring (bicyclic) bond motifs is 1. The largest absolute Gasteiger partial charge is 0.222 e. The highest BCUT2D eigenvalue weighted by Crippen LogP contribution is 2.05. The predicted molar refractivity (Wildman–Crippen MR) is 37.7 cm³/mol. The Balaban J connectivity index is 2.87. The molecule has 56 valence electrons. The van der Waals surface area contributed by atoms with Crippen LogP contribution < -0.4 is 0 Å². The van der Waals surface area contributed by atoms with Crippen LogP contribution in [0.2, 0.25) is 0 Å². The molecular formula is C7H6FN3. The Hall–Kier alpha value is -1.45. The summed E-state index contributed by atoms with van der Waals surface area (Å²) in [4.78, 5) is 3.67. The van der Waals surface area contributed by atoms with Crippen LogP contribution in [0.1, 0.15) is 5.56 Å². The van der Waals surface area contributed by atoms with E-state index in [1.54, 1.807) is 16.9 Å². The first-order chi connectivity index (χ1) is 5.27. The van der Waals surface area contributed by atoms with Crippen molar-refractivity contribution in [1.82, 2.24) is 14.6 Å². The molecule has 0 aliphatic carbocycles. The Morgan fingerprint density at radius 3 is 3.18 bits per heavy atom. The van der Waals surface area contributed by atoms with E-state index in [0.29, 0.717) is 5.65 Å². The molecule has 2 rings (SSSR count). The number of halogens is 1. The molecule has 0 fully saturated rings. The summed E-state index contributed by atoms with van der Waals surface area (Å²) in [6.07, 6.45) is 3.20. The fraction of sp³-hybridized carbons (Fsp3) is 0.143. The van der Waals surface area contributed by atoms with Crippen molar-refractivity contribution in [2.75, 3.05) is 0 Å². The number of aromatic nitrogens is 3. The van der Waals surface area contributed by atoms with Gasteiger partial charge in [0.05, 0.1) is 6.20 Å². The lowest BCUT2D eigenvalue weighted by Gasteiger charge is -1.91. The molecule has 0 radical (unpaired) electrons. The lowest BCUT2D eigenvalue weighted by atomic mass is 10.4. The molecule has 0 amide bonds. The van der Waals surface area contributed by atoms with E-state index >= 15 is 0 Å². The molecule has 4 heteroatoms. The second kappa shape index (κ2) is 2.02. The van der Waals surface area contributed by atoms with Gasteiger partial charge in [-0.25, -0.2) is 4.52 Å². The van der Waals surface area contributed by atoms with Crippen LogP contribution in [0.15, 0.2) is 18.5 Å². The summed E-state index contributed by atoms with van der Waals surface area (Å²) < 4.78 is 14.1. The monoisotopic (exact) mass is 151 g/mol. The van der Waals surface area contributed by atoms with Crippen molar-refractivity contribution < 1.29 is 4.39 Å². The molecule has 2 aromatic heterocycles. The molecule has 0 saturated heterocycles. The van der Waals surface area contributed by atoms with E-state index in [-0.39, 0.29) is 0 Å². The molecule has 0 aliphatic heterocycles. The molecule has 0 N–H and O–H groups in total. The van der Waals surface area contributed by atoms with Crippen LogP contribution in [0, 0.1) is 12.9 Å². The molecule has 0 aliphatic rings. The van der Waals surface area contributed by atoms with Gasteiger partial charge in [0.25, 0.3) is 0 Å². The van der Waals surface area contributed by atoms with Gasteiger partial charge in [-0.2, -0.15) is 14.5 Å². The fourth-order valence-electron chi connectivity index (χ4n) is 0.961. The number of rotatable bonds is 0. The van der Waals surface area contributed by atoms with Crippen molar-refractivity contribution in [2.45, 2.75) is 6.92 Å². The third kappa shape index (κ3) is 0.869. The average molecular weight is 151 g/mol. The Kier molecular flexibility index (Phi) is 1.15. The molecule has 2 heterocycles. The molecule has 0 spiro atoms. The van der Waals surface area contributed by atoms with E-state index in [9.17, 15) is 4.39 Å². The third-order valence-corrected chi connectivity index (χ3v) is 1.51. The van der Waals surface area contributed by atoms with Crippen LogP contribution in [0.4, 0.5) is 4.39 Å². The topological polar surface area (TPSA) is 30.2 Å². The van der Waals surface area contributed by atoms with Gasteiger partial charge in [-0.05, 0) is 6.92 Å². The van der Waals surface area contributed by atoms with Gasteiger partial charge in [0.2, 0.25) is 5.95 Å². The Morgan fingerprint density at radius 2 is 2.36 bits per heavy atom. The summed E-state index contributed by atoms with van der Waals surface area (Å²) in [5.74, 6) is -0.471. The van der Waals surface area contributed by atoms with Crippen LogP contribution in [-0.2, 0) is 0 Å². The Morgan fingerprint density at radius 1 is 1.55 bits per heavy atom. The summed E-state index contributed by atoms with van der Waals surface area (Å²) in [5.41, 5.74) is 1.45. The minimum atomic E-state index is -0.471. The van der Waals surface area contributed by atoms with E-state index < -0.39 is 5.95 Å². The zero-order valence-corrected chi connectivity index (χ0v) is 5.95. The van der Waals surface area contributed by atoms with E-state index in [0.717, 1.165) is 5.56 Å². The average Bonchev–Trinajstić information content (AvgIpc) is 2.33. The van der Waals surface area contributed by atoms with E-state index in [1.807, 2.05) is 6.92 Å². The van der Waals surface area contributed by atoms with Gasteiger partial charge in [0.1, 0.15) is 0 Å². The SMILES string of the molecule is Cc1cnn2ccc(F)nc12. The number of nitrogens with zero attached hydrogens (tertiary/aromatic N) is 3. The molecule has 0 unspecified atom stereocenters. The van der Waals surface area contributed by atoms with Crippen LogP contribution >= 0.6 is 0 Å². The summed E-state index contributed by atoms with van der Waals surface area (Å²) in [7, 11) is 0. The van der Waals surface area contributed by atoms with Crippen molar-refractivity contribution >= 4 is 5.65 Å². The number of hydrogen-bond donors (Lipinski definition) is 0. The minimum Gasteiger partial charge on any atom is -0.222 e. The molecule has 0 atom stereocenters. The zero-order valence-electron chi connectivity index (χ0n) is 5.95. The van der Waals surface area contributed by atoms with Gasteiger partial charge in [0.15, 0.2) is 5.65 Å². The highest BCUT2D eigenvalue weighted by molar-refractivity contribution is 5.44. The van der Waals surface area contributed by atoms with Crippen LogP contribution in [-0.4, -0.2) is 14.6 Å². The van der Waals surface area contributed by atoms with E-state index in [4.69, 9.17) is 0 Å². The normalized spacial score (nSPS) is 10.7. The standard InChI is InChI=1S/C7H6FN3/c1-5-4-9-11-3-2-6(8)10-7(5)11/h2-4H,1H3. The first kappa shape index (κ1) is 6.27. The maximum atomic E-state index is 12.5. The van der Waals surface area contributed by atoms with Crippen LogP contribution in [0.5, 0.6) is 0 Å². The van der Waals surface area contributed by atoms with E-state index in [1.165, 1.54) is 6.07 Å². The smallest absolute Gasteiger partial charge is 0.216 e. The molecule has 3 nitrogen and oxygen atoms in total. The summed E-state index contributed by atoms with van der Waals surface area (Å²) in [6.45, 7) is 1.84. The highest BCUT2D eigenvalue weighted by atomic mass is 19.1. The van der Waals surface area contributed by atoms with Gasteiger partial charge >= 0.3 is 0 Å². The summed E-state index contributed by atoms with van der Waals surface area (Å²) in [6, 6.07) is 1.28. The molecule has 2 aromatic rings. The first-order valence-corrected chi connectivity index (χ1v) is 3.24. The van der Waals surface area contributed by atoms with Gasteiger partial charge in [-0.1, -0.05) is 0 Å². The van der Waals surface area contributed by atoms with Gasteiger partial charge in [0, 0.05) is 17.8 Å². The van der Waals surface area contributed by atoms with E-state index in [2.05, 4.69) is 10.1 Å². The molecule has 11 heavy (non-hydrogen) atoms. The van der Waals surface area contributed by atoms with Crippen molar-refractivity contribution in [3.8, 4) is 0 Å². The van der Waals surface area contributed by atoms with Gasteiger partial charge in [-0.3, -0.25) is 0 Å². The molecular weight excluding hydrogens is 145 g/mol. The van der Waals surface area contributed by atoms with Crippen molar-refractivity contribution in [1.29, 1.82) is 0 Å². The molecule has 0 aromatic carbocycles. The van der Waals surface area contributed by atoms with Crippen LogP contribution in [0.25, 0.3) is 5.65 Å². The summed E-state index contributed by atoms with van der Waals surface area (Å²) in [5, 5.41) is 3.95. The van der Waals surface area contributed by atoms with Crippen LogP contribution in [0.3, 0.4) is 0 Å². The quantitative estimate of drug-likeness (QED) is 0.529.